The van der Waals surface area contributed by atoms with E-state index in [4.69, 9.17) is 28.9 Å². The van der Waals surface area contributed by atoms with Gasteiger partial charge in [-0.05, 0) is 17.7 Å². The van der Waals surface area contributed by atoms with E-state index in [0.29, 0.717) is 28.8 Å². The smallest absolute Gasteiger partial charge is 0.164 e. The summed E-state index contributed by atoms with van der Waals surface area (Å²) in [5, 5.41) is 7.86. The molecule has 0 saturated carbocycles. The van der Waals surface area contributed by atoms with Crippen molar-refractivity contribution in [2.75, 3.05) is 0 Å². The molecule has 0 fully saturated rings. The number of hydrogen-bond acceptors (Lipinski definition) is 3. The molecule has 2 rings (SSSR count). The van der Waals surface area contributed by atoms with E-state index in [1.165, 1.54) is 0 Å². The highest BCUT2D eigenvalue weighted by Gasteiger charge is 2.04. The van der Waals surface area contributed by atoms with E-state index >= 15 is 0 Å². The van der Waals surface area contributed by atoms with Crippen molar-refractivity contribution in [2.24, 2.45) is 5.73 Å². The first-order valence-corrected chi connectivity index (χ1v) is 5.49. The Bertz CT molecular complexity index is 495. The van der Waals surface area contributed by atoms with Gasteiger partial charge in [-0.2, -0.15) is 5.10 Å². The number of benzene rings is 1. The average Bonchev–Trinajstić information content (AvgIpc) is 2.71. The number of H-pyrrole nitrogens is 1. The Kier molecular flexibility index (Phi) is 3.43. The molecule has 0 amide bonds. The van der Waals surface area contributed by atoms with Gasteiger partial charge < -0.3 is 5.73 Å². The first-order valence-electron chi connectivity index (χ1n) is 4.73. The zero-order valence-electron chi connectivity index (χ0n) is 8.37. The molecule has 0 bridgehead atoms. The molecular weight excluding hydrogens is 247 g/mol. The van der Waals surface area contributed by atoms with Crippen molar-refractivity contribution in [3.63, 3.8) is 0 Å². The minimum absolute atomic E-state index is 0.331. The summed E-state index contributed by atoms with van der Waals surface area (Å²) in [5.74, 6) is 1.37. The molecule has 1 aromatic carbocycles. The van der Waals surface area contributed by atoms with E-state index in [0.717, 1.165) is 11.4 Å². The molecule has 2 aromatic rings. The average molecular weight is 257 g/mol. The largest absolute Gasteiger partial charge is 0.324 e. The molecule has 0 unspecified atom stereocenters. The van der Waals surface area contributed by atoms with E-state index in [2.05, 4.69) is 15.2 Å². The van der Waals surface area contributed by atoms with Crippen LogP contribution in [0.2, 0.25) is 10.0 Å². The molecule has 1 heterocycles. The van der Waals surface area contributed by atoms with Crippen LogP contribution in [-0.2, 0) is 13.0 Å². The van der Waals surface area contributed by atoms with Gasteiger partial charge in [-0.1, -0.05) is 29.3 Å². The van der Waals surface area contributed by atoms with Crippen molar-refractivity contribution in [1.82, 2.24) is 15.2 Å². The van der Waals surface area contributed by atoms with Gasteiger partial charge in [-0.25, -0.2) is 4.98 Å². The van der Waals surface area contributed by atoms with Gasteiger partial charge in [-0.15, -0.1) is 0 Å². The number of nitrogens with one attached hydrogen (secondary N) is 1. The number of aromatic amines is 1. The highest BCUT2D eigenvalue weighted by Crippen LogP contribution is 2.23. The van der Waals surface area contributed by atoms with Crippen LogP contribution in [0.4, 0.5) is 0 Å². The van der Waals surface area contributed by atoms with E-state index in [9.17, 15) is 0 Å². The summed E-state index contributed by atoms with van der Waals surface area (Å²) in [6.07, 6.45) is 0.629. The second-order valence-electron chi connectivity index (χ2n) is 3.33. The number of rotatable bonds is 3. The molecule has 0 aliphatic carbocycles. The summed E-state index contributed by atoms with van der Waals surface area (Å²) in [7, 11) is 0. The standard InChI is InChI=1S/C10H10Cl2N4/c11-7-2-1-6(3-8(7)12)4-9-14-10(5-13)16-15-9/h1-3H,4-5,13H2,(H,14,15,16). The Morgan fingerprint density at radius 1 is 1.25 bits per heavy atom. The molecule has 0 aliphatic heterocycles. The topological polar surface area (TPSA) is 67.6 Å². The third-order valence-electron chi connectivity index (χ3n) is 2.12. The number of nitrogens with zero attached hydrogens (tertiary/aromatic N) is 2. The highest BCUT2D eigenvalue weighted by molar-refractivity contribution is 6.42. The summed E-state index contributed by atoms with van der Waals surface area (Å²) in [5.41, 5.74) is 6.44. The maximum absolute atomic E-state index is 5.91. The lowest BCUT2D eigenvalue weighted by molar-refractivity contribution is 0.916. The number of halogens is 2. The Labute approximate surface area is 103 Å². The fourth-order valence-corrected chi connectivity index (χ4v) is 1.67. The van der Waals surface area contributed by atoms with Crippen molar-refractivity contribution >= 4 is 23.2 Å². The van der Waals surface area contributed by atoms with Crippen LogP contribution in [-0.4, -0.2) is 15.2 Å². The van der Waals surface area contributed by atoms with E-state index < -0.39 is 0 Å². The van der Waals surface area contributed by atoms with Crippen LogP contribution >= 0.6 is 23.2 Å². The quantitative estimate of drug-likeness (QED) is 0.885. The number of aromatic nitrogens is 3. The lowest BCUT2D eigenvalue weighted by Crippen LogP contribution is -1.98. The second kappa shape index (κ2) is 4.82. The zero-order chi connectivity index (χ0) is 11.5. The number of nitrogens with two attached hydrogens (primary N) is 1. The molecule has 0 saturated heterocycles. The maximum atomic E-state index is 5.91. The molecule has 0 spiro atoms. The summed E-state index contributed by atoms with van der Waals surface area (Å²) >= 11 is 11.7. The van der Waals surface area contributed by atoms with Gasteiger partial charge in [-0.3, -0.25) is 5.10 Å². The van der Waals surface area contributed by atoms with Crippen LogP contribution in [0.3, 0.4) is 0 Å². The van der Waals surface area contributed by atoms with Crippen molar-refractivity contribution in [3.05, 3.63) is 45.5 Å². The molecule has 4 nitrogen and oxygen atoms in total. The SMILES string of the molecule is NCc1n[nH]c(Cc2ccc(Cl)c(Cl)c2)n1. The first kappa shape index (κ1) is 11.4. The van der Waals surface area contributed by atoms with Gasteiger partial charge in [0.15, 0.2) is 5.82 Å². The highest BCUT2D eigenvalue weighted by atomic mass is 35.5. The molecule has 1 aromatic heterocycles. The molecule has 16 heavy (non-hydrogen) atoms. The van der Waals surface area contributed by atoms with Crippen LogP contribution in [0.25, 0.3) is 0 Å². The molecule has 84 valence electrons. The zero-order valence-corrected chi connectivity index (χ0v) is 9.89. The molecule has 3 N–H and O–H groups in total. The Morgan fingerprint density at radius 2 is 2.06 bits per heavy atom. The summed E-state index contributed by atoms with van der Waals surface area (Å²) in [6.45, 7) is 0.331. The first-order chi connectivity index (χ1) is 7.69. The molecule has 0 radical (unpaired) electrons. The summed E-state index contributed by atoms with van der Waals surface area (Å²) in [6, 6.07) is 5.48. The molecule has 6 heteroatoms. The minimum Gasteiger partial charge on any atom is -0.324 e. The Balaban J connectivity index is 2.17. The van der Waals surface area contributed by atoms with Gasteiger partial charge in [0, 0.05) is 6.42 Å². The lowest BCUT2D eigenvalue weighted by atomic mass is 10.1. The third kappa shape index (κ3) is 2.52. The predicted octanol–water partition coefficient (Wildman–Crippen LogP) is 2.16. The van der Waals surface area contributed by atoms with Crippen LogP contribution in [0.1, 0.15) is 17.2 Å². The van der Waals surface area contributed by atoms with Gasteiger partial charge in [0.1, 0.15) is 5.82 Å². The third-order valence-corrected chi connectivity index (χ3v) is 2.86. The van der Waals surface area contributed by atoms with Crippen molar-refractivity contribution in [1.29, 1.82) is 0 Å². The lowest BCUT2D eigenvalue weighted by Gasteiger charge is -2.00. The van der Waals surface area contributed by atoms with Crippen LogP contribution in [0.15, 0.2) is 18.2 Å². The van der Waals surface area contributed by atoms with Crippen LogP contribution in [0.5, 0.6) is 0 Å². The fourth-order valence-electron chi connectivity index (χ4n) is 1.35. The van der Waals surface area contributed by atoms with E-state index in [1.54, 1.807) is 6.07 Å². The predicted molar refractivity (Wildman–Crippen MR) is 63.5 cm³/mol. The normalized spacial score (nSPS) is 10.7. The van der Waals surface area contributed by atoms with E-state index in [-0.39, 0.29) is 0 Å². The van der Waals surface area contributed by atoms with Crippen LogP contribution < -0.4 is 5.73 Å². The maximum Gasteiger partial charge on any atom is 0.164 e. The van der Waals surface area contributed by atoms with Crippen molar-refractivity contribution in [2.45, 2.75) is 13.0 Å². The van der Waals surface area contributed by atoms with Crippen LogP contribution in [0, 0.1) is 0 Å². The minimum atomic E-state index is 0.331. The molecule has 0 atom stereocenters. The Hall–Kier alpha value is -1.10. The monoisotopic (exact) mass is 256 g/mol. The van der Waals surface area contributed by atoms with E-state index in [1.807, 2.05) is 12.1 Å². The number of hydrogen-bond donors (Lipinski definition) is 2. The summed E-state index contributed by atoms with van der Waals surface area (Å²) < 4.78 is 0. The summed E-state index contributed by atoms with van der Waals surface area (Å²) in [4.78, 5) is 4.21. The molecular formula is C10H10Cl2N4. The Morgan fingerprint density at radius 3 is 2.69 bits per heavy atom. The second-order valence-corrected chi connectivity index (χ2v) is 4.14. The van der Waals surface area contributed by atoms with Crippen molar-refractivity contribution < 1.29 is 0 Å². The fraction of sp³-hybridized carbons (Fsp3) is 0.200. The van der Waals surface area contributed by atoms with Gasteiger partial charge in [0.05, 0.1) is 16.6 Å². The van der Waals surface area contributed by atoms with Gasteiger partial charge in [0.25, 0.3) is 0 Å². The molecule has 0 aliphatic rings. The van der Waals surface area contributed by atoms with Gasteiger partial charge in [0.2, 0.25) is 0 Å². The van der Waals surface area contributed by atoms with Crippen molar-refractivity contribution in [3.8, 4) is 0 Å². The van der Waals surface area contributed by atoms with Gasteiger partial charge >= 0.3 is 0 Å².